The molecule has 17 heavy (non-hydrogen) atoms. The van der Waals surface area contributed by atoms with Crippen LogP contribution < -0.4 is 5.32 Å². The molecule has 2 rings (SSSR count). The van der Waals surface area contributed by atoms with Crippen LogP contribution in [0.15, 0.2) is 45.6 Å². The van der Waals surface area contributed by atoms with E-state index in [-0.39, 0.29) is 0 Å². The second-order valence-corrected chi connectivity index (χ2v) is 5.38. The van der Waals surface area contributed by atoms with Crippen molar-refractivity contribution in [3.05, 3.63) is 56.7 Å². The van der Waals surface area contributed by atoms with Crippen LogP contribution in [0.4, 0.5) is 5.69 Å². The van der Waals surface area contributed by atoms with Gasteiger partial charge in [0.05, 0.1) is 5.69 Å². The minimum Gasteiger partial charge on any atom is -0.379 e. The van der Waals surface area contributed by atoms with Crippen molar-refractivity contribution in [2.45, 2.75) is 13.5 Å². The lowest BCUT2D eigenvalue weighted by Gasteiger charge is -2.08. The molecule has 4 heteroatoms. The summed E-state index contributed by atoms with van der Waals surface area (Å²) in [5.41, 5.74) is 3.48. The molecule has 0 aliphatic heterocycles. The van der Waals surface area contributed by atoms with Crippen molar-refractivity contribution in [3.63, 3.8) is 0 Å². The van der Waals surface area contributed by atoms with Crippen LogP contribution in [0.2, 0.25) is 0 Å². The first-order chi connectivity index (χ1) is 8.16. The monoisotopic (exact) mass is 354 g/mol. The summed E-state index contributed by atoms with van der Waals surface area (Å²) in [6, 6.07) is 10.3. The highest BCUT2D eigenvalue weighted by atomic mass is 79.9. The number of aryl methyl sites for hydroxylation is 1. The molecule has 1 N–H and O–H groups in total. The van der Waals surface area contributed by atoms with Crippen LogP contribution in [0.5, 0.6) is 0 Å². The van der Waals surface area contributed by atoms with Crippen molar-refractivity contribution in [3.8, 4) is 0 Å². The molecule has 88 valence electrons. The molecule has 0 aliphatic rings. The number of benzene rings is 1. The highest BCUT2D eigenvalue weighted by Gasteiger charge is 2.00. The van der Waals surface area contributed by atoms with Crippen LogP contribution in [-0.2, 0) is 6.54 Å². The van der Waals surface area contributed by atoms with Crippen molar-refractivity contribution < 1.29 is 0 Å². The van der Waals surface area contributed by atoms with E-state index in [2.05, 4.69) is 67.3 Å². The Labute approximate surface area is 118 Å². The molecule has 2 aromatic rings. The van der Waals surface area contributed by atoms with E-state index in [9.17, 15) is 0 Å². The molecule has 0 saturated carbocycles. The Bertz CT molecular complexity index is 527. The first-order valence-corrected chi connectivity index (χ1v) is 6.85. The molecule has 0 unspecified atom stereocenters. The van der Waals surface area contributed by atoms with E-state index >= 15 is 0 Å². The van der Waals surface area contributed by atoms with Gasteiger partial charge in [-0.2, -0.15) is 0 Å². The smallest absolute Gasteiger partial charge is 0.129 e. The van der Waals surface area contributed by atoms with Gasteiger partial charge in [0.1, 0.15) is 4.60 Å². The summed E-state index contributed by atoms with van der Waals surface area (Å²) in [7, 11) is 0. The third-order valence-corrected chi connectivity index (χ3v) is 3.96. The Kier molecular flexibility index (Phi) is 4.18. The van der Waals surface area contributed by atoms with Gasteiger partial charge in [-0.15, -0.1) is 0 Å². The first kappa shape index (κ1) is 12.6. The third kappa shape index (κ3) is 3.30. The molecule has 0 amide bonds. The number of nitrogens with zero attached hydrogens (tertiary/aromatic N) is 1. The van der Waals surface area contributed by atoms with E-state index < -0.39 is 0 Å². The highest BCUT2D eigenvalue weighted by Crippen LogP contribution is 2.21. The lowest BCUT2D eigenvalue weighted by atomic mass is 10.1. The normalized spacial score (nSPS) is 10.3. The number of hydrogen-bond donors (Lipinski definition) is 1. The van der Waals surface area contributed by atoms with Gasteiger partial charge >= 0.3 is 0 Å². The fourth-order valence-electron chi connectivity index (χ4n) is 1.46. The van der Waals surface area contributed by atoms with E-state index in [1.165, 1.54) is 11.1 Å². The quantitative estimate of drug-likeness (QED) is 0.818. The first-order valence-electron chi connectivity index (χ1n) is 5.26. The van der Waals surface area contributed by atoms with E-state index in [1.54, 1.807) is 6.20 Å². The van der Waals surface area contributed by atoms with Gasteiger partial charge in [-0.25, -0.2) is 4.98 Å². The number of pyridine rings is 1. The number of aromatic nitrogens is 1. The van der Waals surface area contributed by atoms with E-state index in [4.69, 9.17) is 0 Å². The molecule has 1 heterocycles. The molecule has 2 nitrogen and oxygen atoms in total. The molecule has 0 spiro atoms. The summed E-state index contributed by atoms with van der Waals surface area (Å²) in [6.45, 7) is 2.86. The number of anilines is 1. The van der Waals surface area contributed by atoms with Crippen LogP contribution in [-0.4, -0.2) is 4.98 Å². The topological polar surface area (TPSA) is 24.9 Å². The number of rotatable bonds is 3. The van der Waals surface area contributed by atoms with Crippen molar-refractivity contribution in [1.82, 2.24) is 4.98 Å². The predicted molar refractivity (Wildman–Crippen MR) is 78.1 cm³/mol. The Morgan fingerprint density at radius 3 is 2.76 bits per heavy atom. The summed E-state index contributed by atoms with van der Waals surface area (Å²) in [5, 5.41) is 3.35. The minimum absolute atomic E-state index is 0.781. The Balaban J connectivity index is 2.08. The molecule has 0 bridgehead atoms. The van der Waals surface area contributed by atoms with Gasteiger partial charge in [0.25, 0.3) is 0 Å². The van der Waals surface area contributed by atoms with Gasteiger partial charge < -0.3 is 5.32 Å². The largest absolute Gasteiger partial charge is 0.379 e. The average molecular weight is 356 g/mol. The van der Waals surface area contributed by atoms with Crippen LogP contribution in [0, 0.1) is 6.92 Å². The summed E-state index contributed by atoms with van der Waals surface area (Å²) in [4.78, 5) is 4.17. The number of halogens is 2. The number of hydrogen-bond acceptors (Lipinski definition) is 2. The fourth-order valence-corrected chi connectivity index (χ4v) is 2.28. The van der Waals surface area contributed by atoms with Crippen molar-refractivity contribution in [1.29, 1.82) is 0 Å². The summed E-state index contributed by atoms with van der Waals surface area (Å²) >= 11 is 6.95. The highest BCUT2D eigenvalue weighted by molar-refractivity contribution is 9.10. The van der Waals surface area contributed by atoms with Gasteiger partial charge in [-0.1, -0.05) is 28.1 Å². The molecular weight excluding hydrogens is 344 g/mol. The van der Waals surface area contributed by atoms with Crippen molar-refractivity contribution in [2.24, 2.45) is 0 Å². The Hall–Kier alpha value is -0.870. The van der Waals surface area contributed by atoms with Crippen LogP contribution in [0.1, 0.15) is 11.1 Å². The van der Waals surface area contributed by atoms with Gasteiger partial charge in [0, 0.05) is 17.2 Å². The molecule has 0 fully saturated rings. The van der Waals surface area contributed by atoms with Gasteiger partial charge in [-0.05, 0) is 52.2 Å². The molecular formula is C13H12Br2N2. The molecule has 1 aromatic carbocycles. The zero-order valence-electron chi connectivity index (χ0n) is 9.37. The molecule has 0 saturated heterocycles. The zero-order chi connectivity index (χ0) is 12.3. The van der Waals surface area contributed by atoms with E-state index in [0.29, 0.717) is 0 Å². The SMILES string of the molecule is Cc1ccc(CNc2cccnc2Br)cc1Br. The second-order valence-electron chi connectivity index (χ2n) is 3.78. The molecule has 0 aliphatic carbocycles. The summed E-state index contributed by atoms with van der Waals surface area (Å²) in [6.07, 6.45) is 1.76. The summed E-state index contributed by atoms with van der Waals surface area (Å²) in [5.74, 6) is 0. The Morgan fingerprint density at radius 2 is 2.06 bits per heavy atom. The predicted octanol–water partition coefficient (Wildman–Crippen LogP) is 4.53. The average Bonchev–Trinajstić information content (AvgIpc) is 2.32. The Morgan fingerprint density at radius 1 is 1.24 bits per heavy atom. The van der Waals surface area contributed by atoms with Crippen molar-refractivity contribution >= 4 is 37.5 Å². The molecule has 0 radical (unpaired) electrons. The maximum Gasteiger partial charge on any atom is 0.129 e. The minimum atomic E-state index is 0.781. The van der Waals surface area contributed by atoms with Gasteiger partial charge in [0.15, 0.2) is 0 Å². The van der Waals surface area contributed by atoms with Gasteiger partial charge in [-0.3, -0.25) is 0 Å². The van der Waals surface area contributed by atoms with E-state index in [0.717, 1.165) is 21.3 Å². The fraction of sp³-hybridized carbons (Fsp3) is 0.154. The standard InChI is InChI=1S/C13H12Br2N2/c1-9-4-5-10(7-11(9)14)8-17-12-3-2-6-16-13(12)15/h2-7,17H,8H2,1H3. The van der Waals surface area contributed by atoms with Crippen LogP contribution >= 0.6 is 31.9 Å². The maximum atomic E-state index is 4.17. The van der Waals surface area contributed by atoms with Crippen molar-refractivity contribution in [2.75, 3.05) is 5.32 Å². The van der Waals surface area contributed by atoms with Crippen LogP contribution in [0.3, 0.4) is 0 Å². The van der Waals surface area contributed by atoms with E-state index in [1.807, 2.05) is 12.1 Å². The maximum absolute atomic E-state index is 4.17. The number of nitrogens with one attached hydrogen (secondary N) is 1. The van der Waals surface area contributed by atoms with Gasteiger partial charge in [0.2, 0.25) is 0 Å². The lowest BCUT2D eigenvalue weighted by Crippen LogP contribution is -2.00. The summed E-state index contributed by atoms with van der Waals surface area (Å²) < 4.78 is 1.98. The second kappa shape index (κ2) is 5.65. The third-order valence-electron chi connectivity index (χ3n) is 2.48. The molecule has 0 atom stereocenters. The lowest BCUT2D eigenvalue weighted by molar-refractivity contribution is 1.12. The molecule has 1 aromatic heterocycles. The zero-order valence-corrected chi connectivity index (χ0v) is 12.5. The van der Waals surface area contributed by atoms with Crippen LogP contribution in [0.25, 0.3) is 0 Å².